The SMILES string of the molecule is CC(=O)OCc1cc([C@@H](O)CNCCCCCCOCCCCc2cccc(S(N)(=O)=O)c2)ccc1O.CC1(C)OCc2cc([C@@H](O)CNCCCCCCOCCCCc3cccc(S(N)(=O)=O)c3)ccc2O1. The van der Waals surface area contributed by atoms with Crippen molar-refractivity contribution in [3.05, 3.63) is 118 Å². The van der Waals surface area contributed by atoms with E-state index in [4.69, 9.17) is 34.0 Å². The van der Waals surface area contributed by atoms with Gasteiger partial charge in [0.15, 0.2) is 0 Å². The summed E-state index contributed by atoms with van der Waals surface area (Å²) in [5.41, 5.74) is 4.88. The Morgan fingerprint density at radius 1 is 0.649 bits per heavy atom. The second-order valence-electron chi connectivity index (χ2n) is 19.1. The van der Waals surface area contributed by atoms with Crippen molar-refractivity contribution in [3.63, 3.8) is 0 Å². The minimum absolute atomic E-state index is 0.0299. The van der Waals surface area contributed by atoms with Gasteiger partial charge in [-0.25, -0.2) is 27.1 Å². The van der Waals surface area contributed by atoms with Crippen LogP contribution in [0.15, 0.2) is 94.7 Å². The van der Waals surface area contributed by atoms with Crippen molar-refractivity contribution >= 4 is 26.0 Å². The summed E-state index contributed by atoms with van der Waals surface area (Å²) >= 11 is 0. The number of esters is 1. The predicted molar refractivity (Wildman–Crippen MR) is 285 cm³/mol. The van der Waals surface area contributed by atoms with Crippen LogP contribution in [-0.2, 0) is 69.8 Å². The highest BCUT2D eigenvalue weighted by Crippen LogP contribution is 2.33. The number of phenolic OH excluding ortho intramolecular Hbond substituents is 1. The highest BCUT2D eigenvalue weighted by atomic mass is 32.2. The summed E-state index contributed by atoms with van der Waals surface area (Å²) in [4.78, 5) is 11.3. The molecule has 0 radical (unpaired) electrons. The Morgan fingerprint density at radius 2 is 1.12 bits per heavy atom. The van der Waals surface area contributed by atoms with Gasteiger partial charge in [0.1, 0.15) is 18.1 Å². The van der Waals surface area contributed by atoms with Gasteiger partial charge in [-0.2, -0.15) is 0 Å². The number of sulfonamides is 2. The van der Waals surface area contributed by atoms with E-state index in [1.807, 2.05) is 44.2 Å². The first-order valence-electron chi connectivity index (χ1n) is 25.9. The number of primary sulfonamides is 2. The smallest absolute Gasteiger partial charge is 0.302 e. The van der Waals surface area contributed by atoms with Gasteiger partial charge in [0.25, 0.3) is 0 Å². The van der Waals surface area contributed by atoms with Gasteiger partial charge in [0, 0.05) is 71.4 Å². The molecule has 0 saturated carbocycles. The zero-order chi connectivity index (χ0) is 53.8. The molecule has 0 saturated heterocycles. The number of unbranched alkanes of at least 4 members (excludes halogenated alkanes) is 8. The molecular formula is C55H82N4O13S2. The van der Waals surface area contributed by atoms with Gasteiger partial charge in [-0.3, -0.25) is 4.79 Å². The van der Waals surface area contributed by atoms with Gasteiger partial charge < -0.3 is 49.6 Å². The number of benzene rings is 4. The van der Waals surface area contributed by atoms with Crippen molar-refractivity contribution in [2.24, 2.45) is 10.3 Å². The number of nitrogens with two attached hydrogens (primary N) is 2. The van der Waals surface area contributed by atoms with Crippen molar-refractivity contribution in [3.8, 4) is 11.5 Å². The summed E-state index contributed by atoms with van der Waals surface area (Å²) in [5.74, 6) is -0.197. The Morgan fingerprint density at radius 3 is 1.62 bits per heavy atom. The Balaban J connectivity index is 0.000000320. The second kappa shape index (κ2) is 32.8. The van der Waals surface area contributed by atoms with Crippen LogP contribution in [0.5, 0.6) is 11.5 Å². The maximum atomic E-state index is 11.4. The number of carbonyl (C=O) groups excluding carboxylic acids is 1. The van der Waals surface area contributed by atoms with E-state index in [1.54, 1.807) is 36.4 Å². The highest BCUT2D eigenvalue weighted by Gasteiger charge is 2.28. The molecule has 0 fully saturated rings. The molecule has 2 atom stereocenters. The van der Waals surface area contributed by atoms with Crippen LogP contribution in [0, 0.1) is 0 Å². The standard InChI is InChI=1S/C28H42N2O6S.C27H40N2O7S/c1-28(2)35-21-24-19-23(13-14-27(24)36-28)26(31)20-30-15-6-3-4-7-16-34-17-8-5-10-22-11-9-12-25(18-22)37(29,32)33;1-21(30)36-20-24-18-23(12-13-26(24)31)27(32)19-29-14-5-2-3-6-15-35-16-7-4-9-22-10-8-11-25(17-22)37(28,33)34/h9,11-14,18-19,26,30-31H,3-8,10,15-17,20-21H2,1-2H3,(H2,29,32,33);8,10-13,17-18,27,29,31-32H,2-7,9,14-16,19-20H2,1H3,(H2,28,33,34)/t26-;27-/m00/s1. The molecule has 0 bridgehead atoms. The number of aryl methyl sites for hydroxylation is 2. The van der Waals surface area contributed by atoms with E-state index in [2.05, 4.69) is 10.6 Å². The minimum atomic E-state index is -3.66. The van der Waals surface area contributed by atoms with Crippen molar-refractivity contribution in [2.45, 2.75) is 152 Å². The molecule has 0 aliphatic carbocycles. The number of nitrogens with one attached hydrogen (secondary N) is 2. The maximum Gasteiger partial charge on any atom is 0.302 e. The number of aliphatic hydroxyl groups is 2. The number of hydrogen-bond acceptors (Lipinski definition) is 15. The van der Waals surface area contributed by atoms with Gasteiger partial charge in [0.2, 0.25) is 25.8 Å². The zero-order valence-corrected chi connectivity index (χ0v) is 45.2. The van der Waals surface area contributed by atoms with E-state index >= 15 is 0 Å². The molecule has 1 aliphatic heterocycles. The van der Waals surface area contributed by atoms with Crippen LogP contribution in [0.2, 0.25) is 0 Å². The fraction of sp³-hybridized carbons (Fsp3) is 0.545. The van der Waals surface area contributed by atoms with Gasteiger partial charge in [-0.05, 0) is 148 Å². The molecule has 0 spiro atoms. The largest absolute Gasteiger partial charge is 0.508 e. The minimum Gasteiger partial charge on any atom is -0.508 e. The number of ether oxygens (including phenoxy) is 5. The van der Waals surface area contributed by atoms with Crippen LogP contribution in [-0.4, -0.2) is 96.5 Å². The molecule has 9 N–H and O–H groups in total. The van der Waals surface area contributed by atoms with Crippen LogP contribution in [0.3, 0.4) is 0 Å². The lowest BCUT2D eigenvalue weighted by Gasteiger charge is -2.33. The average molecular weight is 1070 g/mol. The van der Waals surface area contributed by atoms with E-state index in [0.29, 0.717) is 44.0 Å². The molecule has 19 heteroatoms. The lowest BCUT2D eigenvalue weighted by molar-refractivity contribution is -0.180. The van der Waals surface area contributed by atoms with Crippen LogP contribution >= 0.6 is 0 Å². The number of phenols is 1. The molecule has 0 amide bonds. The quantitative estimate of drug-likeness (QED) is 0.0176. The molecule has 1 aliphatic rings. The molecule has 5 rings (SSSR count). The monoisotopic (exact) mass is 1070 g/mol. The first kappa shape index (κ1) is 62.0. The Kier molecular flexibility index (Phi) is 27.5. The summed E-state index contributed by atoms with van der Waals surface area (Å²) in [6, 6.07) is 24.2. The third-order valence-corrected chi connectivity index (χ3v) is 14.1. The molecule has 74 heavy (non-hydrogen) atoms. The van der Waals surface area contributed by atoms with Gasteiger partial charge in [-0.15, -0.1) is 0 Å². The van der Waals surface area contributed by atoms with Gasteiger partial charge in [0.05, 0.1) is 28.6 Å². The van der Waals surface area contributed by atoms with E-state index in [1.165, 1.54) is 25.1 Å². The van der Waals surface area contributed by atoms with E-state index in [0.717, 1.165) is 144 Å². The summed E-state index contributed by atoms with van der Waals surface area (Å²) in [6.45, 7) is 11.0. The number of fused-ring (bicyclic) bond motifs is 1. The van der Waals surface area contributed by atoms with Crippen molar-refractivity contribution < 1.29 is 60.6 Å². The Bertz CT molecular complexity index is 2510. The topological polar surface area (TPSA) is 268 Å². The number of aromatic hydroxyl groups is 1. The number of carbonyl (C=O) groups is 1. The summed E-state index contributed by atoms with van der Waals surface area (Å²) in [6.07, 6.45) is 12.5. The van der Waals surface area contributed by atoms with Crippen molar-refractivity contribution in [1.29, 1.82) is 0 Å². The van der Waals surface area contributed by atoms with Crippen LogP contribution < -0.4 is 25.6 Å². The molecule has 412 valence electrons. The lowest BCUT2D eigenvalue weighted by atomic mass is 10.0. The average Bonchev–Trinajstić information content (AvgIpc) is 3.35. The van der Waals surface area contributed by atoms with Crippen molar-refractivity contribution in [2.75, 3.05) is 52.6 Å². The highest BCUT2D eigenvalue weighted by molar-refractivity contribution is 7.89. The number of hydrogen-bond donors (Lipinski definition) is 7. The number of aliphatic hydroxyl groups excluding tert-OH is 2. The van der Waals surface area contributed by atoms with E-state index in [-0.39, 0.29) is 22.1 Å². The third kappa shape index (κ3) is 24.9. The maximum absolute atomic E-state index is 11.4. The summed E-state index contributed by atoms with van der Waals surface area (Å²) in [5, 5.41) is 47.7. The fourth-order valence-corrected chi connectivity index (χ4v) is 9.20. The summed E-state index contributed by atoms with van der Waals surface area (Å²) in [7, 11) is -7.31. The zero-order valence-electron chi connectivity index (χ0n) is 43.6. The van der Waals surface area contributed by atoms with Gasteiger partial charge in [-0.1, -0.05) is 62.1 Å². The Hall–Kier alpha value is -4.51. The molecule has 4 aromatic carbocycles. The molecule has 1 heterocycles. The lowest BCUT2D eigenvalue weighted by Crippen LogP contribution is -2.35. The Labute approximate surface area is 439 Å². The molecule has 0 unspecified atom stereocenters. The van der Waals surface area contributed by atoms with Crippen LogP contribution in [0.25, 0.3) is 0 Å². The van der Waals surface area contributed by atoms with Gasteiger partial charge >= 0.3 is 5.97 Å². The molecule has 17 nitrogen and oxygen atoms in total. The molecule has 4 aromatic rings. The van der Waals surface area contributed by atoms with Crippen molar-refractivity contribution in [1.82, 2.24) is 10.6 Å². The first-order valence-corrected chi connectivity index (χ1v) is 29.0. The predicted octanol–water partition coefficient (Wildman–Crippen LogP) is 7.53. The van der Waals surface area contributed by atoms with E-state index < -0.39 is 44.0 Å². The summed E-state index contributed by atoms with van der Waals surface area (Å²) < 4.78 is 73.6. The second-order valence-corrected chi connectivity index (χ2v) is 22.2. The molecular weight excluding hydrogens is 989 g/mol. The number of rotatable bonds is 34. The van der Waals surface area contributed by atoms with Crippen LogP contribution in [0.4, 0.5) is 0 Å². The normalized spacial score (nSPS) is 14.0. The van der Waals surface area contributed by atoms with Crippen LogP contribution in [0.1, 0.15) is 143 Å². The molecule has 0 aromatic heterocycles. The van der Waals surface area contributed by atoms with E-state index in [9.17, 15) is 36.9 Å². The first-order chi connectivity index (χ1) is 35.3. The fourth-order valence-electron chi connectivity index (χ4n) is 8.03. The third-order valence-electron chi connectivity index (χ3n) is 12.2.